The van der Waals surface area contributed by atoms with E-state index in [1.807, 2.05) is 0 Å². The summed E-state index contributed by atoms with van der Waals surface area (Å²) in [6, 6.07) is 5.18. The number of halogens is 1. The summed E-state index contributed by atoms with van der Waals surface area (Å²) < 4.78 is 26.6. The van der Waals surface area contributed by atoms with E-state index in [9.17, 15) is 8.42 Å². The predicted octanol–water partition coefficient (Wildman–Crippen LogP) is 1.75. The fraction of sp³-hybridized carbons (Fsp3) is 0. The van der Waals surface area contributed by atoms with Crippen molar-refractivity contribution in [3.63, 3.8) is 0 Å². The number of aromatic hydroxyl groups is 1. The smallest absolute Gasteiger partial charge is 0.263 e. The molecule has 1 aromatic heterocycles. The first-order valence-electron chi connectivity index (χ1n) is 4.77. The summed E-state index contributed by atoms with van der Waals surface area (Å²) in [5.41, 5.74) is 0. The van der Waals surface area contributed by atoms with Crippen LogP contribution in [0.5, 0.6) is 5.75 Å². The number of anilines is 1. The molecule has 0 saturated carbocycles. The first-order chi connectivity index (χ1) is 8.47. The Labute approximate surface area is 112 Å². The molecule has 1 aromatic carbocycles. The van der Waals surface area contributed by atoms with Crippen LogP contribution in [0.1, 0.15) is 0 Å². The minimum Gasteiger partial charge on any atom is -0.508 e. The van der Waals surface area contributed by atoms with Crippen molar-refractivity contribution < 1.29 is 13.5 Å². The molecule has 0 fully saturated rings. The molecular weight excluding hydrogens is 322 g/mol. The second-order valence-electron chi connectivity index (χ2n) is 3.32. The summed E-state index contributed by atoms with van der Waals surface area (Å²) >= 11 is 3.10. The maximum absolute atomic E-state index is 11.9. The minimum atomic E-state index is -3.72. The summed E-state index contributed by atoms with van der Waals surface area (Å²) in [6.45, 7) is 0. The molecule has 18 heavy (non-hydrogen) atoms. The van der Waals surface area contributed by atoms with E-state index in [1.165, 1.54) is 36.7 Å². The van der Waals surface area contributed by atoms with Crippen molar-refractivity contribution in [1.82, 2.24) is 9.97 Å². The zero-order valence-electron chi connectivity index (χ0n) is 8.91. The highest BCUT2D eigenvalue weighted by Gasteiger charge is 2.14. The lowest BCUT2D eigenvalue weighted by Crippen LogP contribution is -2.13. The molecule has 0 unspecified atom stereocenters. The average molecular weight is 330 g/mol. The van der Waals surface area contributed by atoms with Gasteiger partial charge in [0.05, 0.1) is 17.3 Å². The molecule has 0 bridgehead atoms. The molecule has 0 aliphatic heterocycles. The molecule has 0 amide bonds. The van der Waals surface area contributed by atoms with Crippen molar-refractivity contribution in [2.45, 2.75) is 4.90 Å². The van der Waals surface area contributed by atoms with Gasteiger partial charge in [-0.3, -0.25) is 4.72 Å². The Morgan fingerprint density at radius 1 is 1.11 bits per heavy atom. The molecule has 0 spiro atoms. The highest BCUT2D eigenvalue weighted by molar-refractivity contribution is 9.10. The molecule has 2 rings (SSSR count). The van der Waals surface area contributed by atoms with Gasteiger partial charge in [0.25, 0.3) is 10.0 Å². The third kappa shape index (κ3) is 2.96. The monoisotopic (exact) mass is 329 g/mol. The molecule has 8 heteroatoms. The number of nitrogens with zero attached hydrogens (tertiary/aromatic N) is 2. The predicted molar refractivity (Wildman–Crippen MR) is 68.6 cm³/mol. The summed E-state index contributed by atoms with van der Waals surface area (Å²) in [5.74, 6) is 0.114. The summed E-state index contributed by atoms with van der Waals surface area (Å²) in [5, 5.41) is 9.10. The van der Waals surface area contributed by atoms with Gasteiger partial charge in [-0.05, 0) is 40.2 Å². The number of sulfonamides is 1. The van der Waals surface area contributed by atoms with Gasteiger partial charge in [-0.25, -0.2) is 18.4 Å². The van der Waals surface area contributed by atoms with Gasteiger partial charge in [0.2, 0.25) is 0 Å². The van der Waals surface area contributed by atoms with Gasteiger partial charge in [-0.1, -0.05) is 0 Å². The van der Waals surface area contributed by atoms with E-state index in [-0.39, 0.29) is 16.5 Å². The fourth-order valence-electron chi connectivity index (χ4n) is 1.19. The fourth-order valence-corrected chi connectivity index (χ4v) is 2.38. The van der Waals surface area contributed by atoms with E-state index in [0.717, 1.165) is 0 Å². The van der Waals surface area contributed by atoms with Crippen LogP contribution in [0.25, 0.3) is 0 Å². The van der Waals surface area contributed by atoms with E-state index >= 15 is 0 Å². The number of aromatic nitrogens is 2. The number of hydrogen-bond acceptors (Lipinski definition) is 5. The molecule has 0 aliphatic rings. The van der Waals surface area contributed by atoms with Crippen LogP contribution in [0, 0.1) is 0 Å². The second kappa shape index (κ2) is 4.91. The van der Waals surface area contributed by atoms with Gasteiger partial charge in [0.15, 0.2) is 5.82 Å². The SMILES string of the molecule is O=S(=O)(Nc1cnc(Br)cn1)c1ccc(O)cc1. The molecule has 0 aliphatic carbocycles. The third-order valence-electron chi connectivity index (χ3n) is 2.01. The zero-order chi connectivity index (χ0) is 13.2. The van der Waals surface area contributed by atoms with Gasteiger partial charge < -0.3 is 5.11 Å². The molecule has 0 atom stereocenters. The highest BCUT2D eigenvalue weighted by Crippen LogP contribution is 2.17. The molecule has 0 radical (unpaired) electrons. The normalized spacial score (nSPS) is 11.2. The van der Waals surface area contributed by atoms with Gasteiger partial charge in [-0.15, -0.1) is 0 Å². The molecule has 0 saturated heterocycles. The zero-order valence-corrected chi connectivity index (χ0v) is 11.3. The van der Waals surface area contributed by atoms with E-state index in [4.69, 9.17) is 5.11 Å². The maximum Gasteiger partial charge on any atom is 0.263 e. The van der Waals surface area contributed by atoms with Crippen molar-refractivity contribution in [2.24, 2.45) is 0 Å². The van der Waals surface area contributed by atoms with Gasteiger partial charge in [0, 0.05) is 0 Å². The standard InChI is InChI=1S/C10H8BrN3O3S/c11-9-5-13-10(6-12-9)14-18(16,17)8-3-1-7(15)2-4-8/h1-6,15H,(H,13,14). The lowest BCUT2D eigenvalue weighted by molar-refractivity contribution is 0.475. The van der Waals surface area contributed by atoms with Crippen molar-refractivity contribution in [2.75, 3.05) is 4.72 Å². The molecule has 2 aromatic rings. The van der Waals surface area contributed by atoms with Crippen LogP contribution in [0.2, 0.25) is 0 Å². The Hall–Kier alpha value is -1.67. The summed E-state index contributed by atoms with van der Waals surface area (Å²) in [4.78, 5) is 7.75. The first-order valence-corrected chi connectivity index (χ1v) is 7.04. The maximum atomic E-state index is 11.9. The molecule has 1 heterocycles. The molecule has 6 nitrogen and oxygen atoms in total. The van der Waals surface area contributed by atoms with Crippen molar-refractivity contribution >= 4 is 31.8 Å². The molecule has 94 valence electrons. The van der Waals surface area contributed by atoms with Crippen LogP contribution in [-0.4, -0.2) is 23.5 Å². The topological polar surface area (TPSA) is 92.2 Å². The van der Waals surface area contributed by atoms with Gasteiger partial charge in [0.1, 0.15) is 10.4 Å². The third-order valence-corrected chi connectivity index (χ3v) is 3.79. The average Bonchev–Trinajstić information content (AvgIpc) is 2.32. The number of nitrogens with one attached hydrogen (secondary N) is 1. The van der Waals surface area contributed by atoms with Crippen LogP contribution in [0.4, 0.5) is 5.82 Å². The number of phenolic OH excluding ortho intramolecular Hbond substituents is 1. The van der Waals surface area contributed by atoms with Crippen LogP contribution in [0.3, 0.4) is 0 Å². The Morgan fingerprint density at radius 3 is 2.33 bits per heavy atom. The van der Waals surface area contributed by atoms with Crippen molar-refractivity contribution in [3.8, 4) is 5.75 Å². The first kappa shape index (κ1) is 12.8. The lowest BCUT2D eigenvalue weighted by Gasteiger charge is -2.06. The summed E-state index contributed by atoms with van der Waals surface area (Å²) in [6.07, 6.45) is 2.68. The second-order valence-corrected chi connectivity index (χ2v) is 5.82. The summed E-state index contributed by atoms with van der Waals surface area (Å²) in [7, 11) is -3.72. The Balaban J connectivity index is 2.27. The number of phenols is 1. The van der Waals surface area contributed by atoms with E-state index < -0.39 is 10.0 Å². The number of hydrogen-bond donors (Lipinski definition) is 2. The Bertz CT molecular complexity index is 641. The van der Waals surface area contributed by atoms with Gasteiger partial charge in [-0.2, -0.15) is 0 Å². The quantitative estimate of drug-likeness (QED) is 0.894. The van der Waals surface area contributed by atoms with Crippen LogP contribution < -0.4 is 4.72 Å². The van der Waals surface area contributed by atoms with Gasteiger partial charge >= 0.3 is 0 Å². The number of rotatable bonds is 3. The van der Waals surface area contributed by atoms with E-state index in [0.29, 0.717) is 4.60 Å². The van der Waals surface area contributed by atoms with E-state index in [1.54, 1.807) is 0 Å². The van der Waals surface area contributed by atoms with Crippen molar-refractivity contribution in [1.29, 1.82) is 0 Å². The van der Waals surface area contributed by atoms with Crippen LogP contribution >= 0.6 is 15.9 Å². The van der Waals surface area contributed by atoms with Crippen molar-refractivity contribution in [3.05, 3.63) is 41.3 Å². The number of benzene rings is 1. The van der Waals surface area contributed by atoms with Crippen LogP contribution in [0.15, 0.2) is 46.2 Å². The molecule has 2 N–H and O–H groups in total. The lowest BCUT2D eigenvalue weighted by atomic mass is 10.3. The van der Waals surface area contributed by atoms with E-state index in [2.05, 4.69) is 30.6 Å². The van der Waals surface area contributed by atoms with Crippen LogP contribution in [-0.2, 0) is 10.0 Å². The molecular formula is C10H8BrN3O3S. The Kier molecular flexibility index (Phi) is 3.48. The highest BCUT2D eigenvalue weighted by atomic mass is 79.9. The largest absolute Gasteiger partial charge is 0.508 e. The minimum absolute atomic E-state index is 0.00242. The Morgan fingerprint density at radius 2 is 1.78 bits per heavy atom.